The molecule has 4 heteroatoms. The Kier molecular flexibility index (Phi) is 3.23. The van der Waals surface area contributed by atoms with Crippen LogP contribution in [0.2, 0.25) is 0 Å². The molecule has 1 amide bonds. The molecule has 1 aliphatic heterocycles. The Morgan fingerprint density at radius 3 is 2.43 bits per heavy atom. The van der Waals surface area contributed by atoms with Crippen molar-refractivity contribution < 1.29 is 9.59 Å². The Balaban J connectivity index is 2.78. The van der Waals surface area contributed by atoms with Gasteiger partial charge in [-0.25, -0.2) is 0 Å². The van der Waals surface area contributed by atoms with Gasteiger partial charge in [-0.05, 0) is 13.3 Å². The number of ketones is 1. The van der Waals surface area contributed by atoms with Crippen LogP contribution in [0.5, 0.6) is 0 Å². The van der Waals surface area contributed by atoms with Crippen molar-refractivity contribution in [3.8, 4) is 6.07 Å². The maximum absolute atomic E-state index is 11.3. The van der Waals surface area contributed by atoms with Crippen LogP contribution in [0.15, 0.2) is 0 Å². The van der Waals surface area contributed by atoms with E-state index in [2.05, 4.69) is 10.9 Å². The second-order valence-electron chi connectivity index (χ2n) is 3.58. The Morgan fingerprint density at radius 1 is 1.43 bits per heavy atom. The normalized spacial score (nSPS) is 25.5. The van der Waals surface area contributed by atoms with Crippen molar-refractivity contribution in [2.75, 3.05) is 13.6 Å². The van der Waals surface area contributed by atoms with E-state index in [-0.39, 0.29) is 23.7 Å². The molecule has 0 unspecified atom stereocenters. The van der Waals surface area contributed by atoms with Crippen LogP contribution < -0.4 is 0 Å². The molecule has 0 aromatic rings. The van der Waals surface area contributed by atoms with Crippen molar-refractivity contribution in [3.63, 3.8) is 0 Å². The summed E-state index contributed by atoms with van der Waals surface area (Å²) in [4.78, 5) is 27.9. The van der Waals surface area contributed by atoms with Crippen LogP contribution in [0.3, 0.4) is 0 Å². The molecule has 0 aromatic heterocycles. The summed E-state index contributed by atoms with van der Waals surface area (Å²) in [6, 6.07) is 2.62. The summed E-state index contributed by atoms with van der Waals surface area (Å²) >= 11 is 0. The van der Waals surface area contributed by atoms with Crippen LogP contribution in [-0.4, -0.2) is 36.2 Å². The largest absolute Gasteiger partial charge is 0.331 e. The number of hydrogen-bond donors (Lipinski definition) is 0. The molecule has 76 valence electrons. The lowest BCUT2D eigenvalue weighted by Gasteiger charge is -2.19. The van der Waals surface area contributed by atoms with Crippen LogP contribution in [0.25, 0.3) is 4.85 Å². The number of carbonyl (C=O) groups excluding carboxylic acids is 2. The van der Waals surface area contributed by atoms with Crippen molar-refractivity contribution in [2.45, 2.75) is 26.3 Å². The van der Waals surface area contributed by atoms with Gasteiger partial charge in [0.2, 0.25) is 5.91 Å². The van der Waals surface area contributed by atoms with E-state index in [9.17, 15) is 9.59 Å². The van der Waals surface area contributed by atoms with Gasteiger partial charge in [0.15, 0.2) is 5.78 Å². The quantitative estimate of drug-likeness (QED) is 0.620. The highest BCUT2D eigenvalue weighted by atomic mass is 16.2. The molecule has 1 aliphatic rings. The highest BCUT2D eigenvalue weighted by Gasteiger charge is 2.37. The molecule has 0 aromatic carbocycles. The molecule has 0 N–H and O–H groups in total. The van der Waals surface area contributed by atoms with Crippen LogP contribution in [0, 0.1) is 12.0 Å². The number of Topliss-reactive ketones (excluding diaryl/α,β-unsaturated/α-hetero) is 1. The minimum atomic E-state index is -0.272. The summed E-state index contributed by atoms with van der Waals surface area (Å²) in [5.74, 6) is 0.101. The Morgan fingerprint density at radius 2 is 2.07 bits per heavy atom. The third-order valence-electron chi connectivity index (χ3n) is 2.49. The Bertz CT molecular complexity index is 292. The fraction of sp³-hybridized carbons (Fsp3) is 0.700. The lowest BCUT2D eigenvalue weighted by Crippen LogP contribution is -2.38. The molecule has 2 atom stereocenters. The predicted octanol–water partition coefficient (Wildman–Crippen LogP) is 0.775. The molecular weight excluding hydrogens is 180 g/mol. The standard InChI is InChI=1S/C10H15N2O2/c1-7(13)10-4-9(5-11-3)6-12(10)8(2)14/h9-10H,4,6H2,1-3H3/q+1/t9-,10+/m1/s1. The van der Waals surface area contributed by atoms with Gasteiger partial charge < -0.3 is 4.90 Å². The molecule has 4 nitrogen and oxygen atoms in total. The third kappa shape index (κ3) is 2.11. The summed E-state index contributed by atoms with van der Waals surface area (Å²) in [5, 5.41) is 0. The summed E-state index contributed by atoms with van der Waals surface area (Å²) in [6.45, 7) is 3.57. The van der Waals surface area contributed by atoms with E-state index in [1.807, 2.05) is 0 Å². The fourth-order valence-electron chi connectivity index (χ4n) is 1.85. The van der Waals surface area contributed by atoms with Crippen LogP contribution in [0.1, 0.15) is 20.3 Å². The van der Waals surface area contributed by atoms with Gasteiger partial charge >= 0.3 is 0 Å². The molecule has 0 bridgehead atoms. The summed E-state index contributed by atoms with van der Waals surface area (Å²) in [6.07, 6.45) is 0.659. The number of hydrogen-bond acceptors (Lipinski definition) is 2. The first kappa shape index (κ1) is 10.7. The predicted molar refractivity (Wildman–Crippen MR) is 53.1 cm³/mol. The average molecular weight is 195 g/mol. The number of amides is 1. The average Bonchev–Trinajstić information content (AvgIpc) is 2.49. The van der Waals surface area contributed by atoms with E-state index in [0.29, 0.717) is 13.0 Å². The first-order valence-corrected chi connectivity index (χ1v) is 4.68. The second kappa shape index (κ2) is 4.23. The molecule has 1 fully saturated rings. The van der Waals surface area contributed by atoms with Crippen molar-refractivity contribution in [3.05, 3.63) is 4.85 Å². The molecule has 1 rings (SSSR count). The second-order valence-corrected chi connectivity index (χ2v) is 3.58. The van der Waals surface area contributed by atoms with Gasteiger partial charge in [0.25, 0.3) is 13.1 Å². The molecule has 0 spiro atoms. The van der Waals surface area contributed by atoms with Gasteiger partial charge in [-0.1, -0.05) is 4.85 Å². The minimum Gasteiger partial charge on any atom is -0.331 e. The SMILES string of the molecule is C[N+]#C[C@H]1C[C@@H](C(C)=O)N(C(C)=O)C1. The maximum atomic E-state index is 11.3. The topological polar surface area (TPSA) is 41.7 Å². The zero-order chi connectivity index (χ0) is 10.7. The Labute approximate surface area is 83.7 Å². The van der Waals surface area contributed by atoms with Gasteiger partial charge in [-0.3, -0.25) is 9.59 Å². The smallest absolute Gasteiger partial charge is 0.277 e. The van der Waals surface area contributed by atoms with Crippen LogP contribution >= 0.6 is 0 Å². The maximum Gasteiger partial charge on any atom is 0.277 e. The van der Waals surface area contributed by atoms with Crippen molar-refractivity contribution in [1.82, 2.24) is 4.90 Å². The molecule has 14 heavy (non-hydrogen) atoms. The van der Waals surface area contributed by atoms with E-state index in [1.54, 1.807) is 11.9 Å². The zero-order valence-electron chi connectivity index (χ0n) is 8.78. The summed E-state index contributed by atoms with van der Waals surface area (Å²) in [5.41, 5.74) is 0. The van der Waals surface area contributed by atoms with E-state index in [4.69, 9.17) is 0 Å². The molecule has 1 saturated heterocycles. The first-order valence-electron chi connectivity index (χ1n) is 4.68. The number of carbonyl (C=O) groups is 2. The first-order chi connectivity index (χ1) is 6.56. The molecular formula is C10H15N2O2+. The van der Waals surface area contributed by atoms with Gasteiger partial charge in [0.1, 0.15) is 5.92 Å². The molecule has 1 heterocycles. The van der Waals surface area contributed by atoms with E-state index >= 15 is 0 Å². The monoisotopic (exact) mass is 195 g/mol. The highest BCUT2D eigenvalue weighted by molar-refractivity contribution is 5.87. The zero-order valence-corrected chi connectivity index (χ0v) is 8.78. The van der Waals surface area contributed by atoms with Gasteiger partial charge in [0.05, 0.1) is 6.04 Å². The third-order valence-corrected chi connectivity index (χ3v) is 2.49. The Hall–Kier alpha value is -1.37. The van der Waals surface area contributed by atoms with Crippen molar-refractivity contribution in [1.29, 1.82) is 0 Å². The van der Waals surface area contributed by atoms with Crippen LogP contribution in [0.4, 0.5) is 0 Å². The fourth-order valence-corrected chi connectivity index (χ4v) is 1.85. The van der Waals surface area contributed by atoms with E-state index in [0.717, 1.165) is 0 Å². The van der Waals surface area contributed by atoms with Gasteiger partial charge in [0, 0.05) is 13.5 Å². The number of likely N-dealkylation sites (tertiary alicyclic amines) is 1. The number of nitrogens with zero attached hydrogens (tertiary/aromatic N) is 2. The molecule has 0 saturated carbocycles. The summed E-state index contributed by atoms with van der Waals surface area (Å²) < 4.78 is 0. The highest BCUT2D eigenvalue weighted by Crippen LogP contribution is 2.23. The summed E-state index contributed by atoms with van der Waals surface area (Å²) in [7, 11) is 1.65. The number of rotatable bonds is 1. The van der Waals surface area contributed by atoms with Crippen molar-refractivity contribution in [2.24, 2.45) is 5.92 Å². The van der Waals surface area contributed by atoms with Gasteiger partial charge in [-0.2, -0.15) is 0 Å². The van der Waals surface area contributed by atoms with E-state index in [1.165, 1.54) is 13.8 Å². The lowest BCUT2D eigenvalue weighted by atomic mass is 10.1. The van der Waals surface area contributed by atoms with Crippen LogP contribution in [-0.2, 0) is 9.59 Å². The minimum absolute atomic E-state index is 0.0422. The van der Waals surface area contributed by atoms with Gasteiger partial charge in [-0.15, -0.1) is 0 Å². The molecule has 0 radical (unpaired) electrons. The molecule has 0 aliphatic carbocycles. The van der Waals surface area contributed by atoms with Crippen molar-refractivity contribution >= 4 is 11.7 Å². The van der Waals surface area contributed by atoms with E-state index < -0.39 is 0 Å². The lowest BCUT2D eigenvalue weighted by molar-refractivity contribution is -0.135.